The Balaban J connectivity index is 2.84. The summed E-state index contributed by atoms with van der Waals surface area (Å²) in [6.07, 6.45) is -1.42. The van der Waals surface area contributed by atoms with Gasteiger partial charge in [-0.3, -0.25) is 0 Å². The number of aliphatic hydroxyl groups is 1. The van der Waals surface area contributed by atoms with Crippen molar-refractivity contribution in [1.82, 2.24) is 10.6 Å². The van der Waals surface area contributed by atoms with Crippen molar-refractivity contribution in [3.63, 3.8) is 0 Å². The van der Waals surface area contributed by atoms with Crippen LogP contribution in [-0.2, 0) is 0 Å². The highest BCUT2D eigenvalue weighted by molar-refractivity contribution is 5.51. The molecule has 0 amide bonds. The van der Waals surface area contributed by atoms with Gasteiger partial charge in [0.15, 0.2) is 0 Å². The molecular formula is C18H25F3N2O. The SMILES string of the molecule is C=C(C)C(=C)/C=C(\NC)C1=CNC(C(O)CCC(F)(F)F)C=C1C. The Bertz CT molecular complexity index is 586. The van der Waals surface area contributed by atoms with Crippen LogP contribution in [0.4, 0.5) is 13.2 Å². The molecule has 2 atom stereocenters. The molecule has 0 aromatic rings. The van der Waals surface area contributed by atoms with E-state index in [9.17, 15) is 18.3 Å². The number of hydrogen-bond acceptors (Lipinski definition) is 3. The molecule has 24 heavy (non-hydrogen) atoms. The first-order valence-electron chi connectivity index (χ1n) is 7.69. The lowest BCUT2D eigenvalue weighted by atomic mass is 9.94. The monoisotopic (exact) mass is 342 g/mol. The van der Waals surface area contributed by atoms with Crippen LogP contribution in [0, 0.1) is 0 Å². The zero-order valence-corrected chi connectivity index (χ0v) is 14.3. The van der Waals surface area contributed by atoms with Crippen LogP contribution < -0.4 is 10.6 Å². The quantitative estimate of drug-likeness (QED) is 0.618. The largest absolute Gasteiger partial charge is 0.391 e. The average molecular weight is 342 g/mol. The first kappa shape index (κ1) is 20.1. The van der Waals surface area contributed by atoms with Gasteiger partial charge in [-0.2, -0.15) is 13.2 Å². The van der Waals surface area contributed by atoms with Gasteiger partial charge in [0, 0.05) is 30.9 Å². The molecule has 0 bridgehead atoms. The summed E-state index contributed by atoms with van der Waals surface area (Å²) in [5, 5.41) is 16.0. The van der Waals surface area contributed by atoms with Gasteiger partial charge in [-0.05, 0) is 37.5 Å². The van der Waals surface area contributed by atoms with Crippen LogP contribution in [0.1, 0.15) is 26.7 Å². The Labute approximate surface area is 141 Å². The van der Waals surface area contributed by atoms with E-state index in [2.05, 4.69) is 23.8 Å². The fraction of sp³-hybridized carbons (Fsp3) is 0.444. The van der Waals surface area contributed by atoms with Crippen molar-refractivity contribution >= 4 is 0 Å². The third-order valence-corrected chi connectivity index (χ3v) is 3.84. The van der Waals surface area contributed by atoms with Crippen molar-refractivity contribution < 1.29 is 18.3 Å². The fourth-order valence-corrected chi connectivity index (χ4v) is 2.29. The lowest BCUT2D eigenvalue weighted by Gasteiger charge is -2.27. The second-order valence-corrected chi connectivity index (χ2v) is 5.93. The molecule has 1 aliphatic heterocycles. The van der Waals surface area contributed by atoms with Crippen molar-refractivity contribution in [2.24, 2.45) is 0 Å². The van der Waals surface area contributed by atoms with Crippen LogP contribution in [0.3, 0.4) is 0 Å². The number of nitrogens with one attached hydrogen (secondary N) is 2. The van der Waals surface area contributed by atoms with Gasteiger partial charge in [0.05, 0.1) is 12.1 Å². The normalized spacial score (nSPS) is 19.8. The highest BCUT2D eigenvalue weighted by Crippen LogP contribution is 2.26. The minimum absolute atomic E-state index is 0.338. The molecule has 3 nitrogen and oxygen atoms in total. The molecule has 0 radical (unpaired) electrons. The van der Waals surface area contributed by atoms with E-state index in [1.165, 1.54) is 0 Å². The van der Waals surface area contributed by atoms with E-state index in [1.807, 2.05) is 19.9 Å². The smallest absolute Gasteiger partial charge is 0.389 e. The maximum absolute atomic E-state index is 12.3. The van der Waals surface area contributed by atoms with Gasteiger partial charge in [-0.1, -0.05) is 24.8 Å². The topological polar surface area (TPSA) is 44.3 Å². The molecule has 0 aromatic carbocycles. The summed E-state index contributed by atoms with van der Waals surface area (Å²) in [6.45, 7) is 11.5. The van der Waals surface area contributed by atoms with E-state index >= 15 is 0 Å². The van der Waals surface area contributed by atoms with E-state index in [0.717, 1.165) is 28.0 Å². The summed E-state index contributed by atoms with van der Waals surface area (Å²) in [5.74, 6) is 0. The third-order valence-electron chi connectivity index (χ3n) is 3.84. The zero-order chi connectivity index (χ0) is 18.5. The van der Waals surface area contributed by atoms with E-state index in [1.54, 1.807) is 19.3 Å². The minimum atomic E-state index is -4.26. The highest BCUT2D eigenvalue weighted by atomic mass is 19.4. The van der Waals surface area contributed by atoms with Crippen molar-refractivity contribution in [1.29, 1.82) is 0 Å². The molecule has 0 saturated heterocycles. The van der Waals surface area contributed by atoms with Gasteiger partial charge in [0.2, 0.25) is 0 Å². The molecule has 0 fully saturated rings. The summed E-state index contributed by atoms with van der Waals surface area (Å²) in [6, 6.07) is -0.543. The second kappa shape index (κ2) is 8.24. The first-order chi connectivity index (χ1) is 11.0. The Morgan fingerprint density at radius 2 is 2.08 bits per heavy atom. The molecule has 1 heterocycles. The van der Waals surface area contributed by atoms with Crippen molar-refractivity contribution in [2.45, 2.75) is 45.0 Å². The van der Waals surface area contributed by atoms with Crippen LogP contribution in [0.5, 0.6) is 0 Å². The Morgan fingerprint density at radius 3 is 2.54 bits per heavy atom. The lowest BCUT2D eigenvalue weighted by molar-refractivity contribution is -0.140. The minimum Gasteiger partial charge on any atom is -0.391 e. The fourth-order valence-electron chi connectivity index (χ4n) is 2.29. The van der Waals surface area contributed by atoms with Crippen molar-refractivity contribution in [3.05, 3.63) is 59.5 Å². The standard InChI is InChI=1S/C18H25F3N2O/c1-11(2)12(3)8-15(22-5)14-10-23-16(9-13(14)4)17(24)6-7-18(19,20)21/h8-10,16-17,22-24H,1,3,6-7H2,2,4-5H3/b15-8-. The number of aliphatic hydroxyl groups excluding tert-OH is 1. The number of dihydropyridines is 1. The summed E-state index contributed by atoms with van der Waals surface area (Å²) in [4.78, 5) is 0. The van der Waals surface area contributed by atoms with Gasteiger partial charge in [-0.15, -0.1) is 0 Å². The number of likely N-dealkylation sites (N-methyl/N-ethyl adjacent to an activating group) is 1. The van der Waals surface area contributed by atoms with E-state index in [0.29, 0.717) is 0 Å². The molecule has 0 spiro atoms. The summed E-state index contributed by atoms with van der Waals surface area (Å²) in [7, 11) is 1.77. The molecule has 0 aliphatic carbocycles. The molecule has 1 aliphatic rings. The Kier molecular flexibility index (Phi) is 6.90. The average Bonchev–Trinajstić information content (AvgIpc) is 2.49. The molecule has 0 saturated carbocycles. The van der Waals surface area contributed by atoms with Crippen LogP contribution >= 0.6 is 0 Å². The highest BCUT2D eigenvalue weighted by Gasteiger charge is 2.30. The van der Waals surface area contributed by atoms with Crippen molar-refractivity contribution in [2.75, 3.05) is 7.05 Å². The number of alkyl halides is 3. The summed E-state index contributed by atoms with van der Waals surface area (Å²) < 4.78 is 36.8. The van der Waals surface area contributed by atoms with Crippen LogP contribution in [0.2, 0.25) is 0 Å². The molecule has 1 rings (SSSR count). The van der Waals surface area contributed by atoms with Crippen LogP contribution in [-0.4, -0.2) is 30.5 Å². The van der Waals surface area contributed by atoms with Gasteiger partial charge in [-0.25, -0.2) is 0 Å². The second-order valence-electron chi connectivity index (χ2n) is 5.93. The van der Waals surface area contributed by atoms with Crippen LogP contribution in [0.15, 0.2) is 59.5 Å². The molecule has 2 unspecified atom stereocenters. The van der Waals surface area contributed by atoms with Crippen molar-refractivity contribution in [3.8, 4) is 0 Å². The molecular weight excluding hydrogens is 317 g/mol. The number of halogens is 3. The van der Waals surface area contributed by atoms with Gasteiger partial charge < -0.3 is 15.7 Å². The maximum Gasteiger partial charge on any atom is 0.389 e. The molecule has 3 N–H and O–H groups in total. The van der Waals surface area contributed by atoms with Gasteiger partial charge >= 0.3 is 6.18 Å². The predicted molar refractivity (Wildman–Crippen MR) is 91.2 cm³/mol. The first-order valence-corrected chi connectivity index (χ1v) is 7.69. The van der Waals surface area contributed by atoms with E-state index in [-0.39, 0.29) is 6.42 Å². The summed E-state index contributed by atoms with van der Waals surface area (Å²) in [5.41, 5.74) is 4.15. The number of rotatable bonds is 7. The van der Waals surface area contributed by atoms with Crippen LogP contribution in [0.25, 0.3) is 0 Å². The Morgan fingerprint density at radius 1 is 1.46 bits per heavy atom. The predicted octanol–water partition coefficient (Wildman–Crippen LogP) is 3.73. The Hall–Kier alpha value is -1.95. The van der Waals surface area contributed by atoms with E-state index < -0.39 is 24.7 Å². The zero-order valence-electron chi connectivity index (χ0n) is 14.3. The molecule has 0 aromatic heterocycles. The van der Waals surface area contributed by atoms with Gasteiger partial charge in [0.25, 0.3) is 0 Å². The van der Waals surface area contributed by atoms with Gasteiger partial charge in [0.1, 0.15) is 0 Å². The summed E-state index contributed by atoms with van der Waals surface area (Å²) >= 11 is 0. The maximum atomic E-state index is 12.3. The van der Waals surface area contributed by atoms with E-state index in [4.69, 9.17) is 0 Å². The third kappa shape index (κ3) is 5.92. The number of hydrogen-bond donors (Lipinski definition) is 3. The lowest BCUT2D eigenvalue weighted by Crippen LogP contribution is -2.38. The number of allylic oxidation sites excluding steroid dienone is 4. The molecule has 6 heteroatoms. The molecule has 134 valence electrons.